The highest BCUT2D eigenvalue weighted by Gasteiger charge is 2.21. The van der Waals surface area contributed by atoms with Crippen LogP contribution in [0.2, 0.25) is 0 Å². The number of benzene rings is 4. The van der Waals surface area contributed by atoms with E-state index < -0.39 is 7.12 Å². The summed E-state index contributed by atoms with van der Waals surface area (Å²) in [6.45, 7) is 7.74. The van der Waals surface area contributed by atoms with Crippen LogP contribution in [-0.2, 0) is 12.3 Å². The molecule has 54 heavy (non-hydrogen) atoms. The number of hydrogen-bond donors (Lipinski definition) is 2. The first-order chi connectivity index (χ1) is 26.1. The van der Waals surface area contributed by atoms with Crippen molar-refractivity contribution in [2.45, 2.75) is 40.0 Å². The van der Waals surface area contributed by atoms with Crippen molar-refractivity contribution in [3.8, 4) is 56.8 Å². The quantitative estimate of drug-likeness (QED) is 0.121. The third-order valence-corrected chi connectivity index (χ3v) is 9.27. The molecule has 0 aliphatic carbocycles. The smallest absolute Gasteiger partial charge is 0.494 e. The Kier molecular flexibility index (Phi) is 12.0. The van der Waals surface area contributed by atoms with Crippen LogP contribution in [0.3, 0.4) is 0 Å². The molecule has 0 radical (unpaired) electrons. The van der Waals surface area contributed by atoms with Crippen LogP contribution in [0.4, 0.5) is 0 Å². The molecule has 0 saturated carbocycles. The standard InChI is InChI=1S/C20H19NO4.C15H13ClO3.C5H8BNO3/c1-12-16(13(2)25-21-12)8-14-4-6-18(22-3)17(9-14)15-5-7-19-20(10-15)24-11-23-19;1-17-13-4-2-10(8-16)6-12(13)11-3-5-14-15(7-11)19-9-18-14;1-3-5(6(8)9)4(2)10-7-3/h4-7,9-10H,8,11H2,1-3H3;2-7H,8-9H2,1H3;8-9H,1-2H3. The molecule has 4 aromatic carbocycles. The molecule has 0 amide bonds. The fourth-order valence-corrected chi connectivity index (χ4v) is 6.27. The van der Waals surface area contributed by atoms with Gasteiger partial charge in [0.15, 0.2) is 23.0 Å². The summed E-state index contributed by atoms with van der Waals surface area (Å²) in [6, 6.07) is 23.9. The highest BCUT2D eigenvalue weighted by molar-refractivity contribution is 6.59. The van der Waals surface area contributed by atoms with E-state index in [2.05, 4.69) is 27.0 Å². The molecule has 4 heterocycles. The summed E-state index contributed by atoms with van der Waals surface area (Å²) in [5.41, 5.74) is 9.23. The topological polar surface area (TPSA) is 148 Å². The van der Waals surface area contributed by atoms with Crippen LogP contribution >= 0.6 is 11.6 Å². The maximum Gasteiger partial charge on any atom is 0.494 e. The third-order valence-electron chi connectivity index (χ3n) is 8.96. The number of aryl methyl sites for hydroxylation is 4. The van der Waals surface area contributed by atoms with E-state index >= 15 is 0 Å². The van der Waals surface area contributed by atoms with Crippen molar-refractivity contribution in [3.63, 3.8) is 0 Å². The minimum atomic E-state index is -1.48. The Bertz CT molecular complexity index is 2200. The fourth-order valence-electron chi connectivity index (χ4n) is 6.10. The molecular formula is C40H40BClN2O10. The van der Waals surface area contributed by atoms with E-state index in [1.807, 2.05) is 74.5 Å². The predicted octanol–water partition coefficient (Wildman–Crippen LogP) is 7.09. The van der Waals surface area contributed by atoms with Gasteiger partial charge in [-0.05, 0) is 98.5 Å². The lowest BCUT2D eigenvalue weighted by Crippen LogP contribution is -2.32. The van der Waals surface area contributed by atoms with Crippen LogP contribution in [0.5, 0.6) is 34.5 Å². The van der Waals surface area contributed by atoms with Crippen molar-refractivity contribution >= 4 is 24.2 Å². The molecule has 2 aromatic heterocycles. The van der Waals surface area contributed by atoms with Gasteiger partial charge in [0, 0.05) is 34.5 Å². The molecule has 2 N–H and O–H groups in total. The van der Waals surface area contributed by atoms with Gasteiger partial charge in [-0.2, -0.15) is 0 Å². The number of fused-ring (bicyclic) bond motifs is 2. The van der Waals surface area contributed by atoms with E-state index in [0.717, 1.165) is 85.8 Å². The van der Waals surface area contributed by atoms with Crippen molar-refractivity contribution in [2.75, 3.05) is 27.8 Å². The minimum absolute atomic E-state index is 0.266. The summed E-state index contributed by atoms with van der Waals surface area (Å²) < 4.78 is 42.5. The number of rotatable bonds is 8. The maximum absolute atomic E-state index is 8.73. The van der Waals surface area contributed by atoms with E-state index in [1.165, 1.54) is 5.56 Å². The molecule has 0 spiro atoms. The van der Waals surface area contributed by atoms with Crippen molar-refractivity contribution < 1.29 is 47.5 Å². The summed E-state index contributed by atoms with van der Waals surface area (Å²) in [5, 5.41) is 25.0. The van der Waals surface area contributed by atoms with Gasteiger partial charge in [-0.15, -0.1) is 11.6 Å². The molecule has 14 heteroatoms. The molecule has 6 aromatic rings. The molecule has 12 nitrogen and oxygen atoms in total. The van der Waals surface area contributed by atoms with Gasteiger partial charge in [-0.25, -0.2) is 0 Å². The van der Waals surface area contributed by atoms with Crippen molar-refractivity contribution in [2.24, 2.45) is 0 Å². The van der Waals surface area contributed by atoms with Crippen LogP contribution in [-0.4, -0.2) is 55.3 Å². The van der Waals surface area contributed by atoms with Crippen LogP contribution in [0, 0.1) is 27.7 Å². The second kappa shape index (κ2) is 17.0. The normalized spacial score (nSPS) is 12.0. The van der Waals surface area contributed by atoms with Crippen molar-refractivity contribution in [3.05, 3.63) is 112 Å². The van der Waals surface area contributed by atoms with E-state index in [-0.39, 0.29) is 13.6 Å². The van der Waals surface area contributed by atoms with Gasteiger partial charge in [-0.1, -0.05) is 34.6 Å². The van der Waals surface area contributed by atoms with Crippen LogP contribution < -0.4 is 33.9 Å². The maximum atomic E-state index is 8.73. The van der Waals surface area contributed by atoms with E-state index in [4.69, 9.17) is 54.6 Å². The Morgan fingerprint density at radius 2 is 1.13 bits per heavy atom. The summed E-state index contributed by atoms with van der Waals surface area (Å²) >= 11 is 5.89. The first-order valence-electron chi connectivity index (χ1n) is 17.0. The average molecular weight is 755 g/mol. The van der Waals surface area contributed by atoms with Gasteiger partial charge in [0.25, 0.3) is 0 Å². The summed E-state index contributed by atoms with van der Waals surface area (Å²) in [6.07, 6.45) is 0.767. The van der Waals surface area contributed by atoms with Crippen LogP contribution in [0.25, 0.3) is 22.3 Å². The van der Waals surface area contributed by atoms with Crippen molar-refractivity contribution in [1.29, 1.82) is 0 Å². The van der Waals surface area contributed by atoms with E-state index in [0.29, 0.717) is 22.8 Å². The monoisotopic (exact) mass is 754 g/mol. The zero-order chi connectivity index (χ0) is 38.4. The SMILES string of the molecule is COc1ccc(CCl)cc1-c1ccc2c(c1)OCO2.COc1ccc(Cc2c(C)noc2C)cc1-c1ccc2c(c1)OCO2.Cc1noc(C)c1B(O)O. The summed E-state index contributed by atoms with van der Waals surface area (Å²) in [5.74, 6) is 6.48. The van der Waals surface area contributed by atoms with Gasteiger partial charge >= 0.3 is 7.12 Å². The van der Waals surface area contributed by atoms with Crippen molar-refractivity contribution in [1.82, 2.24) is 10.3 Å². The van der Waals surface area contributed by atoms with Crippen LogP contribution in [0.15, 0.2) is 81.8 Å². The van der Waals surface area contributed by atoms with Gasteiger partial charge in [0.05, 0.1) is 25.6 Å². The Morgan fingerprint density at radius 3 is 1.57 bits per heavy atom. The third kappa shape index (κ3) is 8.44. The zero-order valence-electron chi connectivity index (χ0n) is 30.8. The Hall–Kier alpha value is -5.63. The molecule has 0 unspecified atom stereocenters. The number of nitrogens with zero attached hydrogens (tertiary/aromatic N) is 2. The highest BCUT2D eigenvalue weighted by Crippen LogP contribution is 2.40. The predicted molar refractivity (Wildman–Crippen MR) is 203 cm³/mol. The minimum Gasteiger partial charge on any atom is -0.496 e. The van der Waals surface area contributed by atoms with E-state index in [9.17, 15) is 0 Å². The Balaban J connectivity index is 0.000000151. The van der Waals surface area contributed by atoms with Gasteiger partial charge < -0.3 is 47.5 Å². The molecular weight excluding hydrogens is 715 g/mol. The second-order valence-corrected chi connectivity index (χ2v) is 12.7. The largest absolute Gasteiger partial charge is 0.496 e. The number of hydrogen-bond acceptors (Lipinski definition) is 12. The van der Waals surface area contributed by atoms with Gasteiger partial charge in [-0.3, -0.25) is 0 Å². The molecule has 0 fully saturated rings. The molecule has 280 valence electrons. The summed E-state index contributed by atoms with van der Waals surface area (Å²) in [4.78, 5) is 0. The number of halogens is 1. The highest BCUT2D eigenvalue weighted by atomic mass is 35.5. The van der Waals surface area contributed by atoms with E-state index in [1.54, 1.807) is 28.1 Å². The molecule has 8 rings (SSSR count). The fraction of sp³-hybridized carbons (Fsp3) is 0.250. The lowest BCUT2D eigenvalue weighted by Gasteiger charge is -2.12. The Morgan fingerprint density at radius 1 is 0.630 bits per heavy atom. The number of ether oxygens (including phenoxy) is 6. The second-order valence-electron chi connectivity index (χ2n) is 12.4. The lowest BCUT2D eigenvalue weighted by molar-refractivity contribution is 0.173. The van der Waals surface area contributed by atoms with Gasteiger partial charge in [0.1, 0.15) is 23.0 Å². The number of methoxy groups -OCH3 is 2. The summed E-state index contributed by atoms with van der Waals surface area (Å²) in [7, 11) is 1.86. The molecule has 2 aliphatic rings. The zero-order valence-corrected chi connectivity index (χ0v) is 31.5. The first-order valence-corrected chi connectivity index (χ1v) is 17.5. The molecule has 0 atom stereocenters. The molecule has 0 bridgehead atoms. The first kappa shape index (κ1) is 38.1. The number of alkyl halides is 1. The van der Waals surface area contributed by atoms with Crippen LogP contribution in [0.1, 0.15) is 39.6 Å². The number of aromatic nitrogens is 2. The Labute approximate surface area is 318 Å². The molecule has 0 saturated heterocycles. The lowest BCUT2D eigenvalue weighted by atomic mass is 9.79. The van der Waals surface area contributed by atoms with Gasteiger partial charge in [0.2, 0.25) is 13.6 Å². The average Bonchev–Trinajstić information content (AvgIpc) is 3.99. The molecule has 2 aliphatic heterocycles.